The number of aliphatic carboxylic acids is 3. The van der Waals surface area contributed by atoms with E-state index in [1.54, 1.807) is 0 Å². The standard InChI is InChI=1S/C33H53O11P/c1-19(4-10-28(35)36)24-8-9-25-23-7-6-21-16-22(12-14-32(21,2)26(23)17-27(34)33(24,25)3)44-30(39)13-15-45(42,43)18-20(31(40)41)5-11-29(37)38/h19-27,34H,4-18H2,1-3H3,(H,35,36)(H,37,38)(H,40,41)(H,42,43)/t19-,20?,21-,22-,23?,24-,25?,26?,27+,32+,33-/m1/s1. The van der Waals surface area contributed by atoms with Crippen LogP contribution in [0.4, 0.5) is 0 Å². The molecule has 4 saturated carbocycles. The van der Waals surface area contributed by atoms with Gasteiger partial charge in [0, 0.05) is 25.2 Å². The van der Waals surface area contributed by atoms with Crippen LogP contribution in [0.25, 0.3) is 0 Å². The van der Waals surface area contributed by atoms with Gasteiger partial charge in [-0.15, -0.1) is 0 Å². The molecule has 4 rings (SSSR count). The van der Waals surface area contributed by atoms with Crippen molar-refractivity contribution in [3.05, 3.63) is 0 Å². The van der Waals surface area contributed by atoms with Gasteiger partial charge in [-0.2, -0.15) is 0 Å². The van der Waals surface area contributed by atoms with Crippen LogP contribution in [-0.4, -0.2) is 73.7 Å². The van der Waals surface area contributed by atoms with E-state index in [1.807, 2.05) is 0 Å². The molecule has 0 bridgehead atoms. The van der Waals surface area contributed by atoms with Gasteiger partial charge in [0.05, 0.1) is 18.4 Å². The number of hydrogen-bond acceptors (Lipinski definition) is 7. The summed E-state index contributed by atoms with van der Waals surface area (Å²) >= 11 is 0. The summed E-state index contributed by atoms with van der Waals surface area (Å²) in [5.74, 6) is -2.95. The van der Waals surface area contributed by atoms with Crippen LogP contribution in [0.2, 0.25) is 0 Å². The predicted molar refractivity (Wildman–Crippen MR) is 165 cm³/mol. The quantitative estimate of drug-likeness (QED) is 0.121. The van der Waals surface area contributed by atoms with Crippen molar-refractivity contribution in [1.82, 2.24) is 0 Å². The number of ether oxygens (including phenoxy) is 1. The maximum absolute atomic E-state index is 12.7. The largest absolute Gasteiger partial charge is 0.481 e. The highest BCUT2D eigenvalue weighted by Gasteiger charge is 2.63. The van der Waals surface area contributed by atoms with Crippen molar-refractivity contribution < 1.29 is 53.8 Å². The number of hydrogen-bond donors (Lipinski definition) is 5. The summed E-state index contributed by atoms with van der Waals surface area (Å²) in [7, 11) is -3.98. The lowest BCUT2D eigenvalue weighted by molar-refractivity contribution is -0.181. The van der Waals surface area contributed by atoms with Crippen LogP contribution in [0.15, 0.2) is 0 Å². The zero-order chi connectivity index (χ0) is 33.3. The van der Waals surface area contributed by atoms with Gasteiger partial charge in [-0.25, -0.2) is 0 Å². The van der Waals surface area contributed by atoms with Gasteiger partial charge in [-0.3, -0.25) is 23.7 Å². The number of carbonyl (C=O) groups is 4. The average molecular weight is 657 g/mol. The van der Waals surface area contributed by atoms with Crippen LogP contribution >= 0.6 is 7.37 Å². The molecule has 256 valence electrons. The fourth-order valence-electron chi connectivity index (χ4n) is 10.3. The molecular weight excluding hydrogens is 603 g/mol. The van der Waals surface area contributed by atoms with Crippen molar-refractivity contribution in [1.29, 1.82) is 0 Å². The molecule has 12 heteroatoms. The molecule has 0 aromatic heterocycles. The third kappa shape index (κ3) is 7.78. The Balaban J connectivity index is 1.32. The highest BCUT2D eigenvalue weighted by molar-refractivity contribution is 7.58. The van der Waals surface area contributed by atoms with E-state index in [9.17, 15) is 44.0 Å². The first-order valence-corrected chi connectivity index (χ1v) is 18.9. The molecule has 0 saturated heterocycles. The van der Waals surface area contributed by atoms with Gasteiger partial charge >= 0.3 is 23.9 Å². The van der Waals surface area contributed by atoms with Crippen LogP contribution in [-0.2, 0) is 28.5 Å². The average Bonchev–Trinajstić information content (AvgIpc) is 3.32. The van der Waals surface area contributed by atoms with E-state index >= 15 is 0 Å². The minimum Gasteiger partial charge on any atom is -0.481 e. The molecule has 12 atom stereocenters. The van der Waals surface area contributed by atoms with Crippen LogP contribution < -0.4 is 0 Å². The first-order chi connectivity index (χ1) is 21.0. The maximum atomic E-state index is 12.7. The third-order valence-electron chi connectivity index (χ3n) is 12.8. The molecule has 4 fully saturated rings. The van der Waals surface area contributed by atoms with Crippen molar-refractivity contribution in [2.45, 2.75) is 116 Å². The second-order valence-corrected chi connectivity index (χ2v) is 17.7. The van der Waals surface area contributed by atoms with Crippen LogP contribution in [0.3, 0.4) is 0 Å². The van der Waals surface area contributed by atoms with Gasteiger partial charge in [0.25, 0.3) is 0 Å². The number of carboxylic acids is 3. The Morgan fingerprint density at radius 1 is 0.889 bits per heavy atom. The monoisotopic (exact) mass is 656 g/mol. The summed E-state index contributed by atoms with van der Waals surface area (Å²) in [4.78, 5) is 56.5. The summed E-state index contributed by atoms with van der Waals surface area (Å²) in [6.45, 7) is 6.74. The Morgan fingerprint density at radius 2 is 1.56 bits per heavy atom. The normalized spacial score (nSPS) is 38.5. The Morgan fingerprint density at radius 3 is 2.20 bits per heavy atom. The van der Waals surface area contributed by atoms with E-state index < -0.39 is 62.0 Å². The van der Waals surface area contributed by atoms with Crippen LogP contribution in [0.5, 0.6) is 0 Å². The summed E-state index contributed by atoms with van der Waals surface area (Å²) in [6, 6.07) is 0. The lowest BCUT2D eigenvalue weighted by Crippen LogP contribution is -2.59. The lowest BCUT2D eigenvalue weighted by Gasteiger charge is -2.62. The minimum absolute atomic E-state index is 0.0176. The summed E-state index contributed by atoms with van der Waals surface area (Å²) in [5.41, 5.74) is -0.189. The number of carbonyl (C=O) groups excluding carboxylic acids is 1. The highest BCUT2D eigenvalue weighted by Crippen LogP contribution is 2.68. The first kappa shape index (κ1) is 35.9. The lowest BCUT2D eigenvalue weighted by atomic mass is 9.43. The molecule has 0 amide bonds. The van der Waals surface area contributed by atoms with Gasteiger partial charge in [-0.05, 0) is 111 Å². The number of aliphatic hydroxyl groups excluding tert-OH is 1. The molecule has 0 aromatic rings. The third-order valence-corrected chi connectivity index (χ3v) is 14.8. The van der Waals surface area contributed by atoms with Crippen molar-refractivity contribution in [3.63, 3.8) is 0 Å². The smallest absolute Gasteiger partial charge is 0.307 e. The van der Waals surface area contributed by atoms with E-state index in [2.05, 4.69) is 20.8 Å². The molecule has 0 radical (unpaired) electrons. The van der Waals surface area contributed by atoms with Gasteiger partial charge in [0.15, 0.2) is 0 Å². The number of esters is 1. The second-order valence-electron chi connectivity index (χ2n) is 15.2. The molecular formula is C33H53O11P. The molecule has 11 nitrogen and oxygen atoms in total. The number of aliphatic hydroxyl groups is 1. The fraction of sp³-hybridized carbons (Fsp3) is 0.879. The fourth-order valence-corrected chi connectivity index (χ4v) is 12.1. The van der Waals surface area contributed by atoms with Gasteiger partial charge < -0.3 is 30.1 Å². The zero-order valence-corrected chi connectivity index (χ0v) is 27.8. The molecule has 0 aromatic carbocycles. The number of rotatable bonds is 14. The molecule has 5 N–H and O–H groups in total. The summed E-state index contributed by atoms with van der Waals surface area (Å²) in [5, 5.41) is 39.1. The van der Waals surface area contributed by atoms with Gasteiger partial charge in [0.2, 0.25) is 7.37 Å². The Labute approximate surface area is 266 Å². The van der Waals surface area contributed by atoms with E-state index in [0.29, 0.717) is 48.9 Å². The van der Waals surface area contributed by atoms with Crippen molar-refractivity contribution >= 4 is 31.2 Å². The zero-order valence-electron chi connectivity index (χ0n) is 26.9. The van der Waals surface area contributed by atoms with Crippen LogP contribution in [0.1, 0.15) is 104 Å². The summed E-state index contributed by atoms with van der Waals surface area (Å²) in [6.07, 6.45) is 5.28. The summed E-state index contributed by atoms with van der Waals surface area (Å²) < 4.78 is 18.5. The predicted octanol–water partition coefficient (Wildman–Crippen LogP) is 5.25. The SMILES string of the molecule is C[C@H](CCC(=O)O)[C@H]1CCC2C3CC[C@@H]4C[C@H](OC(=O)CCP(=O)(O)CC(CCC(=O)O)C(=O)O)CC[C@]4(C)C3C[C@H](O)[C@@]21C. The molecule has 5 unspecified atom stereocenters. The van der Waals surface area contributed by atoms with Crippen molar-refractivity contribution in [2.75, 3.05) is 12.3 Å². The number of carboxylic acid groups (broad SMARTS) is 3. The molecule has 0 heterocycles. The van der Waals surface area contributed by atoms with E-state index in [-0.39, 0.29) is 42.1 Å². The first-order valence-electron chi connectivity index (χ1n) is 16.8. The topological polar surface area (TPSA) is 196 Å². The van der Waals surface area contributed by atoms with Gasteiger partial charge in [-0.1, -0.05) is 20.8 Å². The Bertz CT molecular complexity index is 1170. The molecule has 4 aliphatic rings. The highest BCUT2D eigenvalue weighted by atomic mass is 31.2. The van der Waals surface area contributed by atoms with E-state index in [1.165, 1.54) is 0 Å². The Kier molecular flexibility index (Phi) is 11.2. The van der Waals surface area contributed by atoms with Crippen molar-refractivity contribution in [2.24, 2.45) is 52.3 Å². The maximum Gasteiger partial charge on any atom is 0.307 e. The minimum atomic E-state index is -3.98. The molecule has 4 aliphatic carbocycles. The number of fused-ring (bicyclic) bond motifs is 5. The van der Waals surface area contributed by atoms with E-state index in [0.717, 1.165) is 38.5 Å². The van der Waals surface area contributed by atoms with Crippen LogP contribution in [0, 0.1) is 52.3 Å². The second kappa shape index (κ2) is 14.0. The molecule has 45 heavy (non-hydrogen) atoms. The Hall–Kier alpha value is -1.97. The van der Waals surface area contributed by atoms with Crippen molar-refractivity contribution in [3.8, 4) is 0 Å². The molecule has 0 spiro atoms. The molecule has 0 aliphatic heterocycles. The van der Waals surface area contributed by atoms with E-state index in [4.69, 9.17) is 9.84 Å². The van der Waals surface area contributed by atoms with Gasteiger partial charge in [0.1, 0.15) is 6.10 Å².